The summed E-state index contributed by atoms with van der Waals surface area (Å²) >= 11 is 0. The lowest BCUT2D eigenvalue weighted by molar-refractivity contribution is -0.128. The molecule has 1 heterocycles. The summed E-state index contributed by atoms with van der Waals surface area (Å²) in [5.41, 5.74) is 0. The third-order valence-corrected chi connectivity index (χ3v) is 5.06. The fraction of sp³-hybridized carbons (Fsp3) is 0.462. The standard InChI is InChI=1S/C13H16N2O3S/c16-13-8-10(9-15(13)11-6-7-11)14-19(17,18)12-4-2-1-3-5-12/h1-5,10-11,14H,6-9H2. The van der Waals surface area contributed by atoms with Gasteiger partial charge in [0.2, 0.25) is 15.9 Å². The molecule has 5 nitrogen and oxygen atoms in total. The molecule has 1 saturated carbocycles. The highest BCUT2D eigenvalue weighted by Crippen LogP contribution is 2.30. The molecule has 1 atom stereocenters. The number of rotatable bonds is 4. The van der Waals surface area contributed by atoms with Crippen molar-refractivity contribution in [2.45, 2.75) is 36.2 Å². The molecule has 0 aromatic heterocycles. The minimum Gasteiger partial charge on any atom is -0.338 e. The van der Waals surface area contributed by atoms with E-state index in [2.05, 4.69) is 4.72 Å². The first-order chi connectivity index (χ1) is 9.06. The Bertz CT molecular complexity index is 581. The van der Waals surface area contributed by atoms with E-state index < -0.39 is 10.0 Å². The van der Waals surface area contributed by atoms with Gasteiger partial charge in [0.15, 0.2) is 0 Å². The van der Waals surface area contributed by atoms with Gasteiger partial charge in [0.05, 0.1) is 4.90 Å². The van der Waals surface area contributed by atoms with Gasteiger partial charge in [0.25, 0.3) is 0 Å². The molecule has 102 valence electrons. The molecule has 1 aliphatic heterocycles. The average Bonchev–Trinajstić information content (AvgIpc) is 3.15. The summed E-state index contributed by atoms with van der Waals surface area (Å²) in [5.74, 6) is 0.0586. The molecular formula is C13H16N2O3S. The first-order valence-electron chi connectivity index (χ1n) is 6.43. The molecule has 2 fully saturated rings. The summed E-state index contributed by atoms with van der Waals surface area (Å²) in [6.07, 6.45) is 2.36. The highest BCUT2D eigenvalue weighted by molar-refractivity contribution is 7.89. The fourth-order valence-electron chi connectivity index (χ4n) is 2.44. The van der Waals surface area contributed by atoms with Gasteiger partial charge in [-0.15, -0.1) is 0 Å². The molecule has 1 aliphatic carbocycles. The van der Waals surface area contributed by atoms with E-state index in [1.165, 1.54) is 0 Å². The molecule has 2 aliphatic rings. The Kier molecular flexibility index (Phi) is 3.06. The van der Waals surface area contributed by atoms with E-state index in [0.717, 1.165) is 12.8 Å². The number of nitrogens with one attached hydrogen (secondary N) is 1. The Morgan fingerprint density at radius 1 is 1.16 bits per heavy atom. The molecule has 1 aromatic carbocycles. The molecule has 1 N–H and O–H groups in total. The van der Waals surface area contributed by atoms with Crippen LogP contribution in [0, 0.1) is 0 Å². The Hall–Kier alpha value is -1.40. The van der Waals surface area contributed by atoms with Gasteiger partial charge in [-0.2, -0.15) is 0 Å². The van der Waals surface area contributed by atoms with E-state index in [9.17, 15) is 13.2 Å². The number of nitrogens with zero attached hydrogens (tertiary/aromatic N) is 1. The van der Waals surface area contributed by atoms with Crippen LogP contribution in [0.2, 0.25) is 0 Å². The number of carbonyl (C=O) groups is 1. The summed E-state index contributed by atoms with van der Waals surface area (Å²) in [7, 11) is -3.52. The van der Waals surface area contributed by atoms with Crippen LogP contribution < -0.4 is 4.72 Å². The van der Waals surface area contributed by atoms with Crippen LogP contribution >= 0.6 is 0 Å². The highest BCUT2D eigenvalue weighted by atomic mass is 32.2. The van der Waals surface area contributed by atoms with Crippen molar-refractivity contribution >= 4 is 15.9 Å². The smallest absolute Gasteiger partial charge is 0.240 e. The van der Waals surface area contributed by atoms with Crippen molar-refractivity contribution in [2.24, 2.45) is 0 Å². The van der Waals surface area contributed by atoms with Crippen LogP contribution in [0.5, 0.6) is 0 Å². The molecule has 19 heavy (non-hydrogen) atoms. The molecular weight excluding hydrogens is 264 g/mol. The first-order valence-corrected chi connectivity index (χ1v) is 7.91. The molecule has 0 radical (unpaired) electrons. The zero-order valence-electron chi connectivity index (χ0n) is 10.5. The largest absolute Gasteiger partial charge is 0.338 e. The third kappa shape index (κ3) is 2.64. The normalized spacial score (nSPS) is 23.9. The molecule has 6 heteroatoms. The van der Waals surface area contributed by atoms with Crippen molar-refractivity contribution in [3.8, 4) is 0 Å². The van der Waals surface area contributed by atoms with Crippen LogP contribution in [0.25, 0.3) is 0 Å². The number of carbonyl (C=O) groups excluding carboxylic acids is 1. The van der Waals surface area contributed by atoms with E-state index in [0.29, 0.717) is 12.6 Å². The van der Waals surface area contributed by atoms with Crippen LogP contribution in [0.15, 0.2) is 35.2 Å². The van der Waals surface area contributed by atoms with E-state index in [4.69, 9.17) is 0 Å². The van der Waals surface area contributed by atoms with Crippen molar-refractivity contribution in [1.29, 1.82) is 0 Å². The minimum absolute atomic E-state index is 0.0586. The lowest BCUT2D eigenvalue weighted by Gasteiger charge is -2.16. The summed E-state index contributed by atoms with van der Waals surface area (Å²) in [6.45, 7) is 0.496. The zero-order valence-corrected chi connectivity index (χ0v) is 11.3. The van der Waals surface area contributed by atoms with Gasteiger partial charge in [0, 0.05) is 25.0 Å². The van der Waals surface area contributed by atoms with Crippen molar-refractivity contribution in [2.75, 3.05) is 6.54 Å². The Morgan fingerprint density at radius 2 is 1.84 bits per heavy atom. The number of amides is 1. The van der Waals surface area contributed by atoms with Gasteiger partial charge < -0.3 is 4.90 Å². The monoisotopic (exact) mass is 280 g/mol. The van der Waals surface area contributed by atoms with E-state index in [-0.39, 0.29) is 23.3 Å². The number of likely N-dealkylation sites (tertiary alicyclic amines) is 1. The molecule has 0 spiro atoms. The SMILES string of the molecule is O=C1CC(NS(=O)(=O)c2ccccc2)CN1C1CC1. The molecule has 1 unspecified atom stereocenters. The summed E-state index contributed by atoms with van der Waals surface area (Å²) in [5, 5.41) is 0. The second-order valence-electron chi connectivity index (χ2n) is 5.11. The van der Waals surface area contributed by atoms with Crippen LogP contribution in [-0.4, -0.2) is 37.9 Å². The Balaban J connectivity index is 1.70. The van der Waals surface area contributed by atoms with Crippen molar-refractivity contribution in [3.05, 3.63) is 30.3 Å². The van der Waals surface area contributed by atoms with Crippen LogP contribution in [0.4, 0.5) is 0 Å². The second kappa shape index (κ2) is 4.61. The Morgan fingerprint density at radius 3 is 2.47 bits per heavy atom. The van der Waals surface area contributed by atoms with Crippen LogP contribution in [0.3, 0.4) is 0 Å². The van der Waals surface area contributed by atoms with Gasteiger partial charge in [-0.25, -0.2) is 13.1 Å². The molecule has 3 rings (SSSR count). The maximum atomic E-state index is 12.1. The zero-order chi connectivity index (χ0) is 13.5. The molecule has 1 amide bonds. The van der Waals surface area contributed by atoms with Gasteiger partial charge in [-0.3, -0.25) is 4.79 Å². The fourth-order valence-corrected chi connectivity index (χ4v) is 3.69. The lowest BCUT2D eigenvalue weighted by atomic mass is 10.3. The maximum absolute atomic E-state index is 12.1. The lowest BCUT2D eigenvalue weighted by Crippen LogP contribution is -2.37. The molecule has 0 bridgehead atoms. The maximum Gasteiger partial charge on any atom is 0.240 e. The third-order valence-electron chi connectivity index (χ3n) is 3.52. The van der Waals surface area contributed by atoms with Gasteiger partial charge in [0.1, 0.15) is 0 Å². The summed E-state index contributed by atoms with van der Waals surface area (Å²) in [6, 6.07) is 8.29. The minimum atomic E-state index is -3.52. The van der Waals surface area contributed by atoms with Crippen molar-refractivity contribution in [1.82, 2.24) is 9.62 Å². The highest BCUT2D eigenvalue weighted by Gasteiger charge is 2.40. The quantitative estimate of drug-likeness (QED) is 0.884. The van der Waals surface area contributed by atoms with Crippen molar-refractivity contribution < 1.29 is 13.2 Å². The van der Waals surface area contributed by atoms with E-state index in [1.54, 1.807) is 35.2 Å². The Labute approximate surface area is 112 Å². The van der Waals surface area contributed by atoms with Gasteiger partial charge in [-0.1, -0.05) is 18.2 Å². The predicted molar refractivity (Wildman–Crippen MR) is 69.9 cm³/mol. The summed E-state index contributed by atoms with van der Waals surface area (Å²) < 4.78 is 26.9. The first kappa shape index (κ1) is 12.6. The molecule has 1 aromatic rings. The van der Waals surface area contributed by atoms with Crippen LogP contribution in [-0.2, 0) is 14.8 Å². The van der Waals surface area contributed by atoms with E-state index in [1.807, 2.05) is 0 Å². The average molecular weight is 280 g/mol. The van der Waals surface area contributed by atoms with Crippen LogP contribution in [0.1, 0.15) is 19.3 Å². The number of hydrogen-bond acceptors (Lipinski definition) is 3. The summed E-state index contributed by atoms with van der Waals surface area (Å²) in [4.78, 5) is 13.8. The molecule has 1 saturated heterocycles. The number of benzene rings is 1. The van der Waals surface area contributed by atoms with E-state index >= 15 is 0 Å². The topological polar surface area (TPSA) is 66.5 Å². The van der Waals surface area contributed by atoms with Gasteiger partial charge >= 0.3 is 0 Å². The van der Waals surface area contributed by atoms with Gasteiger partial charge in [-0.05, 0) is 25.0 Å². The predicted octanol–water partition coefficient (Wildman–Crippen LogP) is 0.728. The number of hydrogen-bond donors (Lipinski definition) is 1. The number of sulfonamides is 1. The second-order valence-corrected chi connectivity index (χ2v) is 6.83. The van der Waals surface area contributed by atoms with Crippen molar-refractivity contribution in [3.63, 3.8) is 0 Å².